The minimum absolute atomic E-state index is 0.570. The molecule has 1 N–H and O–H groups in total. The molecule has 0 spiro atoms. The van der Waals surface area contributed by atoms with Crippen molar-refractivity contribution in [1.82, 2.24) is 9.97 Å². The van der Waals surface area contributed by atoms with Crippen LogP contribution in [-0.2, 0) is 0 Å². The lowest BCUT2D eigenvalue weighted by Crippen LogP contribution is -2.15. The molecule has 2 aromatic rings. The minimum Gasteiger partial charge on any atom is -0.486 e. The van der Waals surface area contributed by atoms with Gasteiger partial charge in [0.2, 0.25) is 0 Å². The molecule has 5 nitrogen and oxygen atoms in total. The number of rotatable bonds is 4. The van der Waals surface area contributed by atoms with Gasteiger partial charge in [-0.2, -0.15) is 0 Å². The van der Waals surface area contributed by atoms with E-state index in [-0.39, 0.29) is 0 Å². The van der Waals surface area contributed by atoms with Crippen LogP contribution in [0.5, 0.6) is 11.5 Å². The van der Waals surface area contributed by atoms with Crippen LogP contribution in [0.3, 0.4) is 0 Å². The Labute approximate surface area is 131 Å². The molecule has 1 aliphatic heterocycles. The molecular weight excluding hydrogens is 334 g/mol. The van der Waals surface area contributed by atoms with Crippen LogP contribution in [0, 0.1) is 0 Å². The minimum atomic E-state index is 0.570. The summed E-state index contributed by atoms with van der Waals surface area (Å²) in [5, 5.41) is 3.28. The van der Waals surface area contributed by atoms with E-state index in [0.29, 0.717) is 19.0 Å². The molecule has 3 rings (SSSR count). The summed E-state index contributed by atoms with van der Waals surface area (Å²) in [5.41, 5.74) is 0.909. The molecule has 1 aliphatic rings. The van der Waals surface area contributed by atoms with Gasteiger partial charge in [-0.15, -0.1) is 0 Å². The van der Waals surface area contributed by atoms with E-state index in [2.05, 4.69) is 38.1 Å². The molecule has 0 bridgehead atoms. The van der Waals surface area contributed by atoms with E-state index in [1.165, 1.54) is 0 Å². The van der Waals surface area contributed by atoms with Crippen LogP contribution in [0.1, 0.15) is 13.3 Å². The van der Waals surface area contributed by atoms with Gasteiger partial charge in [-0.3, -0.25) is 0 Å². The first kappa shape index (κ1) is 14.1. The Kier molecular flexibility index (Phi) is 4.24. The fourth-order valence-corrected chi connectivity index (χ4v) is 2.39. The largest absolute Gasteiger partial charge is 0.486 e. The maximum absolute atomic E-state index is 5.60. The SMILES string of the molecule is CCCNc1nc(-c2ccc3c(c2)OCCO3)ncc1Br. The van der Waals surface area contributed by atoms with Crippen molar-refractivity contribution >= 4 is 21.7 Å². The number of nitrogens with zero attached hydrogens (tertiary/aromatic N) is 2. The fraction of sp³-hybridized carbons (Fsp3) is 0.333. The third kappa shape index (κ3) is 3.10. The number of benzene rings is 1. The summed E-state index contributed by atoms with van der Waals surface area (Å²) in [5.74, 6) is 2.98. The zero-order chi connectivity index (χ0) is 14.7. The molecule has 0 amide bonds. The van der Waals surface area contributed by atoms with Gasteiger partial charge in [0.1, 0.15) is 19.0 Å². The van der Waals surface area contributed by atoms with Crippen LogP contribution in [0.15, 0.2) is 28.9 Å². The monoisotopic (exact) mass is 349 g/mol. The zero-order valence-electron chi connectivity index (χ0n) is 11.7. The van der Waals surface area contributed by atoms with E-state index in [0.717, 1.165) is 40.3 Å². The Balaban J connectivity index is 1.92. The van der Waals surface area contributed by atoms with Crippen molar-refractivity contribution in [2.24, 2.45) is 0 Å². The van der Waals surface area contributed by atoms with Crippen molar-refractivity contribution in [1.29, 1.82) is 0 Å². The van der Waals surface area contributed by atoms with Gasteiger partial charge < -0.3 is 14.8 Å². The summed E-state index contributed by atoms with van der Waals surface area (Å²) in [6, 6.07) is 5.76. The quantitative estimate of drug-likeness (QED) is 0.915. The van der Waals surface area contributed by atoms with Gasteiger partial charge in [0, 0.05) is 18.3 Å². The highest BCUT2D eigenvalue weighted by molar-refractivity contribution is 9.10. The van der Waals surface area contributed by atoms with E-state index >= 15 is 0 Å². The summed E-state index contributed by atoms with van der Waals surface area (Å²) in [4.78, 5) is 8.94. The number of halogens is 1. The smallest absolute Gasteiger partial charge is 0.162 e. The van der Waals surface area contributed by atoms with Crippen molar-refractivity contribution in [3.8, 4) is 22.9 Å². The standard InChI is InChI=1S/C15H16BrN3O2/c1-2-5-17-15-11(16)9-18-14(19-15)10-3-4-12-13(8-10)21-7-6-20-12/h3-4,8-9H,2,5-7H2,1H3,(H,17,18,19). The highest BCUT2D eigenvalue weighted by atomic mass is 79.9. The van der Waals surface area contributed by atoms with Gasteiger partial charge in [0.25, 0.3) is 0 Å². The van der Waals surface area contributed by atoms with Crippen LogP contribution in [0.4, 0.5) is 5.82 Å². The molecule has 0 unspecified atom stereocenters. The van der Waals surface area contributed by atoms with Crippen LogP contribution in [0.25, 0.3) is 11.4 Å². The average Bonchev–Trinajstić information content (AvgIpc) is 2.53. The molecule has 1 aromatic carbocycles. The molecule has 0 atom stereocenters. The van der Waals surface area contributed by atoms with E-state index in [1.54, 1.807) is 6.20 Å². The predicted molar refractivity (Wildman–Crippen MR) is 84.9 cm³/mol. The number of aromatic nitrogens is 2. The third-order valence-electron chi connectivity index (χ3n) is 3.09. The second kappa shape index (κ2) is 6.30. The van der Waals surface area contributed by atoms with Crippen LogP contribution < -0.4 is 14.8 Å². The normalized spacial score (nSPS) is 13.0. The number of fused-ring (bicyclic) bond motifs is 1. The van der Waals surface area contributed by atoms with Gasteiger partial charge >= 0.3 is 0 Å². The second-order valence-electron chi connectivity index (χ2n) is 4.68. The number of hydrogen-bond acceptors (Lipinski definition) is 5. The van der Waals surface area contributed by atoms with Crippen molar-refractivity contribution < 1.29 is 9.47 Å². The van der Waals surface area contributed by atoms with E-state index < -0.39 is 0 Å². The van der Waals surface area contributed by atoms with E-state index in [9.17, 15) is 0 Å². The van der Waals surface area contributed by atoms with Gasteiger partial charge in [0.05, 0.1) is 4.47 Å². The highest BCUT2D eigenvalue weighted by Crippen LogP contribution is 2.34. The maximum atomic E-state index is 5.60. The molecule has 0 fully saturated rings. The lowest BCUT2D eigenvalue weighted by atomic mass is 10.2. The third-order valence-corrected chi connectivity index (χ3v) is 3.67. The number of hydrogen-bond donors (Lipinski definition) is 1. The van der Waals surface area contributed by atoms with Crippen molar-refractivity contribution in [2.75, 3.05) is 25.1 Å². The molecule has 0 saturated carbocycles. The van der Waals surface area contributed by atoms with Crippen LogP contribution in [0.2, 0.25) is 0 Å². The summed E-state index contributed by atoms with van der Waals surface area (Å²) >= 11 is 3.46. The lowest BCUT2D eigenvalue weighted by molar-refractivity contribution is 0.171. The topological polar surface area (TPSA) is 56.3 Å². The Morgan fingerprint density at radius 2 is 2.05 bits per heavy atom. The highest BCUT2D eigenvalue weighted by Gasteiger charge is 2.14. The van der Waals surface area contributed by atoms with Crippen molar-refractivity contribution in [2.45, 2.75) is 13.3 Å². The Hall–Kier alpha value is -1.82. The van der Waals surface area contributed by atoms with E-state index in [1.807, 2.05) is 18.2 Å². The predicted octanol–water partition coefficient (Wildman–Crippen LogP) is 3.50. The number of anilines is 1. The molecule has 0 aliphatic carbocycles. The molecule has 21 heavy (non-hydrogen) atoms. The zero-order valence-corrected chi connectivity index (χ0v) is 13.3. The number of nitrogens with one attached hydrogen (secondary N) is 1. The number of ether oxygens (including phenoxy) is 2. The molecule has 2 heterocycles. The van der Waals surface area contributed by atoms with Gasteiger partial charge in [-0.1, -0.05) is 6.92 Å². The summed E-state index contributed by atoms with van der Waals surface area (Å²) in [6.45, 7) is 4.15. The summed E-state index contributed by atoms with van der Waals surface area (Å²) < 4.78 is 12.0. The molecule has 1 aromatic heterocycles. The van der Waals surface area contributed by atoms with Crippen molar-refractivity contribution in [3.05, 3.63) is 28.9 Å². The summed E-state index contributed by atoms with van der Waals surface area (Å²) in [7, 11) is 0. The Bertz CT molecular complexity index is 649. The average molecular weight is 350 g/mol. The van der Waals surface area contributed by atoms with Gasteiger partial charge in [-0.05, 0) is 40.5 Å². The maximum Gasteiger partial charge on any atom is 0.162 e. The Morgan fingerprint density at radius 1 is 1.24 bits per heavy atom. The molecule has 110 valence electrons. The first-order valence-corrected chi connectivity index (χ1v) is 7.73. The first-order chi connectivity index (χ1) is 10.3. The van der Waals surface area contributed by atoms with Gasteiger partial charge in [0.15, 0.2) is 17.3 Å². The molecular formula is C15H16BrN3O2. The van der Waals surface area contributed by atoms with E-state index in [4.69, 9.17) is 9.47 Å². The Morgan fingerprint density at radius 3 is 2.86 bits per heavy atom. The fourth-order valence-electron chi connectivity index (χ4n) is 2.06. The van der Waals surface area contributed by atoms with Gasteiger partial charge in [-0.25, -0.2) is 9.97 Å². The first-order valence-electron chi connectivity index (χ1n) is 6.94. The molecule has 0 radical (unpaired) electrons. The summed E-state index contributed by atoms with van der Waals surface area (Å²) in [6.07, 6.45) is 2.80. The second-order valence-corrected chi connectivity index (χ2v) is 5.53. The van der Waals surface area contributed by atoms with Crippen molar-refractivity contribution in [3.63, 3.8) is 0 Å². The van der Waals surface area contributed by atoms with Crippen LogP contribution in [-0.4, -0.2) is 29.7 Å². The molecule has 6 heteroatoms. The molecule has 0 saturated heterocycles. The lowest BCUT2D eigenvalue weighted by Gasteiger charge is -2.18. The van der Waals surface area contributed by atoms with Crippen LogP contribution >= 0.6 is 15.9 Å².